The van der Waals surface area contributed by atoms with E-state index in [0.29, 0.717) is 29.0 Å². The highest BCUT2D eigenvalue weighted by Crippen LogP contribution is 2.34. The average Bonchev–Trinajstić information content (AvgIpc) is 3.43. The largest absolute Gasteiger partial charge is 0.368 e. The van der Waals surface area contributed by atoms with Crippen LogP contribution in [0.5, 0.6) is 0 Å². The number of halogens is 2. The van der Waals surface area contributed by atoms with E-state index in [4.69, 9.17) is 5.73 Å². The average molecular weight is 592 g/mol. The molecule has 3 aromatic carbocycles. The number of carbonyl (C=O) groups excluding carboxylic acids is 1. The number of aromatic nitrogens is 4. The zero-order chi connectivity index (χ0) is 29.4. The van der Waals surface area contributed by atoms with Gasteiger partial charge in [-0.1, -0.05) is 30.3 Å². The van der Waals surface area contributed by atoms with Crippen molar-refractivity contribution in [2.45, 2.75) is 17.4 Å². The maximum absolute atomic E-state index is 14.0. The molecule has 1 aliphatic heterocycles. The lowest BCUT2D eigenvalue weighted by atomic mass is 9.99. The van der Waals surface area contributed by atoms with Gasteiger partial charge in [-0.25, -0.2) is 22.0 Å². The number of H-pyrrole nitrogens is 1. The number of nitrogens with zero attached hydrogens (tertiary/aromatic N) is 4. The number of hydrogen-bond acceptors (Lipinski definition) is 8. The van der Waals surface area contributed by atoms with Crippen molar-refractivity contribution in [1.82, 2.24) is 20.2 Å². The molecule has 1 aliphatic rings. The minimum atomic E-state index is -4.15. The second kappa shape index (κ2) is 10.6. The van der Waals surface area contributed by atoms with Crippen LogP contribution in [-0.2, 0) is 16.4 Å². The van der Waals surface area contributed by atoms with Gasteiger partial charge in [-0.05, 0) is 48.4 Å². The molecule has 0 spiro atoms. The number of nitrogens with one attached hydrogen (secondary N) is 4. The highest BCUT2D eigenvalue weighted by atomic mass is 32.2. The minimum Gasteiger partial charge on any atom is -0.368 e. The maximum atomic E-state index is 14.0. The van der Waals surface area contributed by atoms with Gasteiger partial charge in [0.2, 0.25) is 5.95 Å². The first-order chi connectivity index (χ1) is 20.2. The van der Waals surface area contributed by atoms with E-state index < -0.39 is 39.4 Å². The number of sulfonamides is 1. The molecule has 0 saturated carbocycles. The van der Waals surface area contributed by atoms with E-state index in [1.807, 2.05) is 12.1 Å². The van der Waals surface area contributed by atoms with Crippen molar-refractivity contribution >= 4 is 55.9 Å². The number of fused-ring (bicyclic) bond motifs is 2. The molecule has 0 fully saturated rings. The number of aromatic amines is 1. The second-order valence-electron chi connectivity index (χ2n) is 9.48. The summed E-state index contributed by atoms with van der Waals surface area (Å²) in [5.74, 6) is -1.46. The molecule has 1 atom stereocenters. The number of nitrogen functional groups attached to an aromatic ring is 1. The summed E-state index contributed by atoms with van der Waals surface area (Å²) >= 11 is 0. The summed E-state index contributed by atoms with van der Waals surface area (Å²) in [4.78, 5) is 20.8. The second-order valence-corrected chi connectivity index (χ2v) is 11.3. The van der Waals surface area contributed by atoms with Crippen molar-refractivity contribution in [3.63, 3.8) is 0 Å². The molecule has 0 aliphatic carbocycles. The number of carbonyl (C=O) groups is 1. The molecular weight excluding hydrogens is 568 g/mol. The number of anilines is 5. The Bertz CT molecular complexity index is 1910. The van der Waals surface area contributed by atoms with Gasteiger partial charge in [0.1, 0.15) is 23.1 Å². The third-order valence-electron chi connectivity index (χ3n) is 6.66. The lowest BCUT2D eigenvalue weighted by Crippen LogP contribution is -2.45. The van der Waals surface area contributed by atoms with Gasteiger partial charge in [0.05, 0.1) is 34.8 Å². The maximum Gasteiger partial charge on any atom is 0.323 e. The summed E-state index contributed by atoms with van der Waals surface area (Å²) in [5.41, 5.74) is 7.07. The lowest BCUT2D eigenvalue weighted by molar-refractivity contribution is 0.262. The van der Waals surface area contributed by atoms with E-state index in [9.17, 15) is 22.0 Å². The Kier molecular flexibility index (Phi) is 6.78. The van der Waals surface area contributed by atoms with E-state index in [2.05, 4.69) is 36.1 Å². The SMILES string of the molecule is Nc1nc(NC2Cc3ccccc3N(S(=O)(=O)c3cccc(NC(=O)Nc4c(F)cccc4F)c3)C2)c2cn[nH]c2n1. The van der Waals surface area contributed by atoms with Crippen LogP contribution in [0, 0.1) is 11.6 Å². The summed E-state index contributed by atoms with van der Waals surface area (Å²) in [7, 11) is -4.15. The van der Waals surface area contributed by atoms with Gasteiger partial charge in [-0.15, -0.1) is 0 Å². The third kappa shape index (κ3) is 5.12. The standard InChI is InChI=1S/C27H23F2N9O3S/c28-20-8-4-9-21(29)23(20)34-27(39)33-16-6-3-7-18(12-16)42(40,41)38-14-17(11-15-5-1-2-10-22(15)38)32-24-19-13-31-37-25(19)36-26(30)35-24/h1-10,12-13,17H,11,14H2,(H2,33,34,39)(H4,30,31,32,35,36,37). The van der Waals surface area contributed by atoms with Crippen LogP contribution in [0.25, 0.3) is 11.0 Å². The van der Waals surface area contributed by atoms with Gasteiger partial charge in [0.25, 0.3) is 10.0 Å². The molecule has 214 valence electrons. The fourth-order valence-corrected chi connectivity index (χ4v) is 6.38. The Labute approximate surface area is 238 Å². The Morgan fingerprint density at radius 3 is 2.57 bits per heavy atom. The molecule has 15 heteroatoms. The molecule has 0 saturated heterocycles. The predicted octanol–water partition coefficient (Wildman–Crippen LogP) is 4.09. The Morgan fingerprint density at radius 2 is 1.76 bits per heavy atom. The van der Waals surface area contributed by atoms with Crippen molar-refractivity contribution in [2.24, 2.45) is 0 Å². The van der Waals surface area contributed by atoms with Crippen LogP contribution >= 0.6 is 0 Å². The highest BCUT2D eigenvalue weighted by Gasteiger charge is 2.34. The van der Waals surface area contributed by atoms with Crippen molar-refractivity contribution in [3.05, 3.63) is 90.1 Å². The quantitative estimate of drug-likeness (QED) is 0.197. The fraction of sp³-hybridized carbons (Fsp3) is 0.111. The molecule has 42 heavy (non-hydrogen) atoms. The van der Waals surface area contributed by atoms with E-state index in [1.54, 1.807) is 18.3 Å². The molecular formula is C27H23F2N9O3S. The first-order valence-corrected chi connectivity index (χ1v) is 14.1. The van der Waals surface area contributed by atoms with Crippen LogP contribution in [0.15, 0.2) is 77.8 Å². The smallest absolute Gasteiger partial charge is 0.323 e. The van der Waals surface area contributed by atoms with E-state index >= 15 is 0 Å². The molecule has 6 rings (SSSR count). The number of rotatable bonds is 6. The Hall–Kier alpha value is -5.31. The van der Waals surface area contributed by atoms with Crippen LogP contribution in [0.4, 0.5) is 42.4 Å². The lowest BCUT2D eigenvalue weighted by Gasteiger charge is -2.36. The highest BCUT2D eigenvalue weighted by molar-refractivity contribution is 7.92. The molecule has 2 aromatic heterocycles. The van der Waals surface area contributed by atoms with E-state index in [0.717, 1.165) is 17.7 Å². The van der Waals surface area contributed by atoms with Gasteiger partial charge in [0, 0.05) is 5.69 Å². The summed E-state index contributed by atoms with van der Waals surface area (Å²) in [6.07, 6.45) is 2.05. The number of amides is 2. The predicted molar refractivity (Wildman–Crippen MR) is 154 cm³/mol. The van der Waals surface area contributed by atoms with E-state index in [1.165, 1.54) is 34.6 Å². The molecule has 0 radical (unpaired) electrons. The minimum absolute atomic E-state index is 0.0287. The summed E-state index contributed by atoms with van der Waals surface area (Å²) in [5, 5.41) is 15.2. The molecule has 3 heterocycles. The third-order valence-corrected chi connectivity index (χ3v) is 8.44. The van der Waals surface area contributed by atoms with Crippen LogP contribution in [0.3, 0.4) is 0 Å². The van der Waals surface area contributed by atoms with E-state index in [-0.39, 0.29) is 23.1 Å². The monoisotopic (exact) mass is 591 g/mol. The Morgan fingerprint density at radius 1 is 1.00 bits per heavy atom. The topological polar surface area (TPSA) is 171 Å². The van der Waals surface area contributed by atoms with Gasteiger partial charge in [-0.3, -0.25) is 9.40 Å². The molecule has 12 nitrogen and oxygen atoms in total. The van der Waals surface area contributed by atoms with Crippen LogP contribution < -0.4 is 26.0 Å². The van der Waals surface area contributed by atoms with Crippen LogP contribution in [0.1, 0.15) is 5.56 Å². The molecule has 5 aromatic rings. The normalized spacial score (nSPS) is 14.8. The van der Waals surface area contributed by atoms with Crippen molar-refractivity contribution in [3.8, 4) is 0 Å². The van der Waals surface area contributed by atoms with Crippen molar-refractivity contribution in [2.75, 3.05) is 32.5 Å². The van der Waals surface area contributed by atoms with Crippen molar-refractivity contribution in [1.29, 1.82) is 0 Å². The fourth-order valence-electron chi connectivity index (χ4n) is 4.79. The Balaban J connectivity index is 1.27. The molecule has 2 amide bonds. The zero-order valence-electron chi connectivity index (χ0n) is 21.7. The van der Waals surface area contributed by atoms with Gasteiger partial charge >= 0.3 is 6.03 Å². The summed E-state index contributed by atoms with van der Waals surface area (Å²) in [6, 6.07) is 14.5. The number of para-hydroxylation sites is 2. The number of benzene rings is 3. The van der Waals surface area contributed by atoms with Crippen molar-refractivity contribution < 1.29 is 22.0 Å². The van der Waals surface area contributed by atoms with Crippen LogP contribution in [-0.4, -0.2) is 47.2 Å². The summed E-state index contributed by atoms with van der Waals surface area (Å²) < 4.78 is 57.2. The first-order valence-electron chi connectivity index (χ1n) is 12.6. The molecule has 1 unspecified atom stereocenters. The van der Waals surface area contributed by atoms with Crippen LogP contribution in [0.2, 0.25) is 0 Å². The van der Waals surface area contributed by atoms with Gasteiger partial charge < -0.3 is 21.7 Å². The van der Waals surface area contributed by atoms with Gasteiger partial charge in [-0.2, -0.15) is 15.1 Å². The zero-order valence-corrected chi connectivity index (χ0v) is 22.5. The first kappa shape index (κ1) is 26.9. The number of urea groups is 1. The molecule has 0 bridgehead atoms. The number of hydrogen-bond donors (Lipinski definition) is 5. The summed E-state index contributed by atoms with van der Waals surface area (Å²) in [6.45, 7) is 0.0489. The molecule has 6 N–H and O–H groups in total. The number of nitrogens with two attached hydrogens (primary N) is 1. The van der Waals surface area contributed by atoms with Gasteiger partial charge in [0.15, 0.2) is 5.65 Å².